The Labute approximate surface area is 166 Å². The van der Waals surface area contributed by atoms with Crippen molar-refractivity contribution >= 4 is 39.2 Å². The molecular formula is C20H23N3O2S2. The van der Waals surface area contributed by atoms with E-state index >= 15 is 0 Å². The van der Waals surface area contributed by atoms with Crippen LogP contribution in [0.3, 0.4) is 0 Å². The third-order valence-electron chi connectivity index (χ3n) is 4.45. The van der Waals surface area contributed by atoms with Gasteiger partial charge in [0.05, 0.1) is 11.3 Å². The Bertz CT molecular complexity index is 993. The highest BCUT2D eigenvalue weighted by molar-refractivity contribution is 7.99. The third kappa shape index (κ3) is 4.59. The second-order valence-corrected chi connectivity index (χ2v) is 8.37. The Kier molecular flexibility index (Phi) is 6.34. The SMILES string of the molecule is CC[C@@H](C)n1c(SCC(=O)NCc2ccc(C)cc2)nc2ccsc2c1=O. The molecule has 0 saturated carbocycles. The van der Waals surface area contributed by atoms with Gasteiger partial charge in [-0.1, -0.05) is 48.5 Å². The first-order chi connectivity index (χ1) is 13.0. The number of nitrogens with zero attached hydrogens (tertiary/aromatic N) is 2. The molecule has 2 aromatic heterocycles. The largest absolute Gasteiger partial charge is 0.351 e. The number of carbonyl (C=O) groups excluding carboxylic acids is 1. The molecule has 0 bridgehead atoms. The number of nitrogens with one attached hydrogen (secondary N) is 1. The summed E-state index contributed by atoms with van der Waals surface area (Å²) in [5.74, 6) is 0.153. The second-order valence-electron chi connectivity index (χ2n) is 6.51. The zero-order valence-electron chi connectivity index (χ0n) is 15.7. The highest BCUT2D eigenvalue weighted by Gasteiger charge is 2.17. The van der Waals surface area contributed by atoms with Crippen LogP contribution in [0.4, 0.5) is 0 Å². The maximum absolute atomic E-state index is 12.8. The minimum atomic E-state index is -0.0732. The maximum atomic E-state index is 12.8. The average Bonchev–Trinajstić information content (AvgIpc) is 3.14. The average molecular weight is 402 g/mol. The van der Waals surface area contributed by atoms with Crippen molar-refractivity contribution in [3.05, 3.63) is 57.2 Å². The van der Waals surface area contributed by atoms with E-state index in [1.165, 1.54) is 28.7 Å². The van der Waals surface area contributed by atoms with Crippen molar-refractivity contribution in [1.29, 1.82) is 0 Å². The van der Waals surface area contributed by atoms with E-state index in [1.54, 1.807) is 4.57 Å². The predicted molar refractivity (Wildman–Crippen MR) is 113 cm³/mol. The van der Waals surface area contributed by atoms with Crippen LogP contribution in [-0.2, 0) is 11.3 Å². The van der Waals surface area contributed by atoms with E-state index in [4.69, 9.17) is 0 Å². The number of carbonyl (C=O) groups is 1. The summed E-state index contributed by atoms with van der Waals surface area (Å²) in [5, 5.41) is 5.41. The summed E-state index contributed by atoms with van der Waals surface area (Å²) in [4.78, 5) is 29.7. The van der Waals surface area contributed by atoms with E-state index in [-0.39, 0.29) is 23.3 Å². The van der Waals surface area contributed by atoms with Gasteiger partial charge in [-0.2, -0.15) is 0 Å². The quantitative estimate of drug-likeness (QED) is 0.477. The van der Waals surface area contributed by atoms with Crippen molar-refractivity contribution in [1.82, 2.24) is 14.9 Å². The number of hydrogen-bond donors (Lipinski definition) is 1. The van der Waals surface area contributed by atoms with Gasteiger partial charge in [-0.05, 0) is 37.3 Å². The summed E-state index contributed by atoms with van der Waals surface area (Å²) in [5.41, 5.74) is 2.94. The van der Waals surface area contributed by atoms with Gasteiger partial charge in [-0.25, -0.2) is 4.98 Å². The monoisotopic (exact) mass is 401 g/mol. The van der Waals surface area contributed by atoms with Gasteiger partial charge >= 0.3 is 0 Å². The van der Waals surface area contributed by atoms with Crippen LogP contribution in [0.5, 0.6) is 0 Å². The van der Waals surface area contributed by atoms with Crippen LogP contribution < -0.4 is 10.9 Å². The second kappa shape index (κ2) is 8.71. The Morgan fingerprint density at radius 3 is 2.74 bits per heavy atom. The molecule has 0 unspecified atom stereocenters. The van der Waals surface area contributed by atoms with Gasteiger partial charge in [0.15, 0.2) is 5.16 Å². The minimum absolute atomic E-state index is 0.0214. The standard InChI is InChI=1S/C20H23N3O2S2/c1-4-14(3)23-19(25)18-16(9-10-26-18)22-20(23)27-12-17(24)21-11-15-7-5-13(2)6-8-15/h5-10,14H,4,11-12H2,1-3H3,(H,21,24)/t14-/m1/s1. The fourth-order valence-electron chi connectivity index (χ4n) is 2.66. The van der Waals surface area contributed by atoms with E-state index in [1.807, 2.05) is 56.5 Å². The lowest BCUT2D eigenvalue weighted by Gasteiger charge is -2.17. The van der Waals surface area contributed by atoms with Gasteiger partial charge in [-0.15, -0.1) is 11.3 Å². The van der Waals surface area contributed by atoms with Crippen molar-refractivity contribution in [2.45, 2.75) is 44.9 Å². The van der Waals surface area contributed by atoms with Crippen molar-refractivity contribution in [2.24, 2.45) is 0 Å². The van der Waals surface area contributed by atoms with Gasteiger partial charge in [0, 0.05) is 12.6 Å². The predicted octanol–water partition coefficient (Wildman–Crippen LogP) is 4.15. The number of thiophene rings is 1. The Hall–Kier alpha value is -2.12. The molecule has 1 atom stereocenters. The Balaban J connectivity index is 1.71. The van der Waals surface area contributed by atoms with Gasteiger partial charge in [-0.3, -0.25) is 14.2 Å². The van der Waals surface area contributed by atoms with Gasteiger partial charge < -0.3 is 5.32 Å². The molecule has 0 fully saturated rings. The molecule has 0 aliphatic carbocycles. The number of thioether (sulfide) groups is 1. The number of aromatic nitrogens is 2. The topological polar surface area (TPSA) is 64.0 Å². The lowest BCUT2D eigenvalue weighted by molar-refractivity contribution is -0.118. The first kappa shape index (κ1) is 19.6. The highest BCUT2D eigenvalue weighted by Crippen LogP contribution is 2.24. The summed E-state index contributed by atoms with van der Waals surface area (Å²) >= 11 is 2.72. The van der Waals surface area contributed by atoms with E-state index in [9.17, 15) is 9.59 Å². The lowest BCUT2D eigenvalue weighted by atomic mass is 10.1. The van der Waals surface area contributed by atoms with E-state index in [2.05, 4.69) is 10.3 Å². The number of fused-ring (bicyclic) bond motifs is 1. The van der Waals surface area contributed by atoms with Crippen molar-refractivity contribution in [2.75, 3.05) is 5.75 Å². The van der Waals surface area contributed by atoms with Crippen LogP contribution in [-0.4, -0.2) is 21.2 Å². The zero-order chi connectivity index (χ0) is 19.4. The molecule has 7 heteroatoms. The Morgan fingerprint density at radius 2 is 2.04 bits per heavy atom. The summed E-state index contributed by atoms with van der Waals surface area (Å²) in [7, 11) is 0. The number of hydrogen-bond acceptors (Lipinski definition) is 5. The molecular weight excluding hydrogens is 378 g/mol. The zero-order valence-corrected chi connectivity index (χ0v) is 17.3. The van der Waals surface area contributed by atoms with E-state index in [0.717, 1.165) is 12.0 Å². The normalized spacial score (nSPS) is 12.3. The van der Waals surface area contributed by atoms with Crippen LogP contribution in [0, 0.1) is 6.92 Å². The molecule has 5 nitrogen and oxygen atoms in total. The summed E-state index contributed by atoms with van der Waals surface area (Å²) in [6.07, 6.45) is 0.825. The smallest absolute Gasteiger partial charge is 0.272 e. The fraction of sp³-hybridized carbons (Fsp3) is 0.350. The molecule has 3 aromatic rings. The van der Waals surface area contributed by atoms with Crippen molar-refractivity contribution in [3.8, 4) is 0 Å². The molecule has 1 aromatic carbocycles. The lowest BCUT2D eigenvalue weighted by Crippen LogP contribution is -2.27. The number of rotatable bonds is 7. The molecule has 1 N–H and O–H groups in total. The summed E-state index contributed by atoms with van der Waals surface area (Å²) in [6, 6.07) is 9.96. The van der Waals surface area contributed by atoms with E-state index < -0.39 is 0 Å². The molecule has 27 heavy (non-hydrogen) atoms. The van der Waals surface area contributed by atoms with Crippen LogP contribution in [0.15, 0.2) is 45.7 Å². The van der Waals surface area contributed by atoms with Gasteiger partial charge in [0.2, 0.25) is 5.91 Å². The molecule has 3 rings (SSSR count). The van der Waals surface area contributed by atoms with Crippen LogP contribution in [0.25, 0.3) is 10.2 Å². The molecule has 0 saturated heterocycles. The molecule has 0 aliphatic rings. The van der Waals surface area contributed by atoms with Crippen LogP contribution >= 0.6 is 23.1 Å². The van der Waals surface area contributed by atoms with Crippen molar-refractivity contribution < 1.29 is 4.79 Å². The molecule has 0 aliphatic heterocycles. The number of aryl methyl sites for hydroxylation is 1. The number of benzene rings is 1. The van der Waals surface area contributed by atoms with Crippen molar-refractivity contribution in [3.63, 3.8) is 0 Å². The molecule has 0 spiro atoms. The minimum Gasteiger partial charge on any atom is -0.351 e. The fourth-order valence-corrected chi connectivity index (χ4v) is 4.36. The molecule has 1 amide bonds. The first-order valence-corrected chi connectivity index (χ1v) is 10.8. The van der Waals surface area contributed by atoms with Gasteiger partial charge in [0.25, 0.3) is 5.56 Å². The van der Waals surface area contributed by atoms with Crippen LogP contribution in [0.2, 0.25) is 0 Å². The van der Waals surface area contributed by atoms with Gasteiger partial charge in [0.1, 0.15) is 4.70 Å². The summed E-state index contributed by atoms with van der Waals surface area (Å²) < 4.78 is 2.39. The van der Waals surface area contributed by atoms with E-state index in [0.29, 0.717) is 21.9 Å². The first-order valence-electron chi connectivity index (χ1n) is 8.94. The Morgan fingerprint density at radius 1 is 1.30 bits per heavy atom. The molecule has 0 radical (unpaired) electrons. The molecule has 2 heterocycles. The third-order valence-corrected chi connectivity index (χ3v) is 6.30. The highest BCUT2D eigenvalue weighted by atomic mass is 32.2. The maximum Gasteiger partial charge on any atom is 0.272 e. The molecule has 142 valence electrons. The number of amides is 1. The summed E-state index contributed by atoms with van der Waals surface area (Å²) in [6.45, 7) is 6.57. The van der Waals surface area contributed by atoms with Crippen LogP contribution in [0.1, 0.15) is 37.4 Å².